The highest BCUT2D eigenvalue weighted by Crippen LogP contribution is 2.34. The number of hydrogen-bond acceptors (Lipinski definition) is 3. The molecule has 0 aromatic rings. The van der Waals surface area contributed by atoms with Gasteiger partial charge in [0.15, 0.2) is 0 Å². The minimum atomic E-state index is 0.230. The predicted octanol–water partition coefficient (Wildman–Crippen LogP) is 1.43. The lowest BCUT2D eigenvalue weighted by Crippen LogP contribution is -2.43. The first-order valence-corrected chi connectivity index (χ1v) is 5.35. The molecule has 13 heavy (non-hydrogen) atoms. The van der Waals surface area contributed by atoms with E-state index in [0.717, 1.165) is 18.9 Å². The third-order valence-corrected chi connectivity index (χ3v) is 2.79. The molecule has 3 N–H and O–H groups in total. The Bertz CT molecular complexity index is 137. The summed E-state index contributed by atoms with van der Waals surface area (Å²) < 4.78 is 5.51. The van der Waals surface area contributed by atoms with Crippen molar-refractivity contribution in [3.63, 3.8) is 0 Å². The highest BCUT2D eigenvalue weighted by molar-refractivity contribution is 4.78. The minimum Gasteiger partial charge on any atom is -0.377 e. The quantitative estimate of drug-likeness (QED) is 0.467. The van der Waals surface area contributed by atoms with E-state index in [9.17, 15) is 0 Å². The maximum Gasteiger partial charge on any atom is 0.0713 e. The van der Waals surface area contributed by atoms with Crippen LogP contribution in [0.5, 0.6) is 0 Å². The molecule has 78 valence electrons. The normalized spacial score (nSPS) is 21.5. The molecule has 1 aliphatic carbocycles. The first-order chi connectivity index (χ1) is 6.27. The first kappa shape index (κ1) is 11.0. The largest absolute Gasteiger partial charge is 0.377 e. The monoisotopic (exact) mass is 186 g/mol. The first-order valence-electron chi connectivity index (χ1n) is 5.35. The number of hydrogen-bond donors (Lipinski definition) is 2. The Morgan fingerprint density at radius 2 is 2.23 bits per heavy atom. The average molecular weight is 186 g/mol. The van der Waals surface area contributed by atoms with Crippen molar-refractivity contribution in [2.24, 2.45) is 11.8 Å². The van der Waals surface area contributed by atoms with Crippen molar-refractivity contribution in [3.8, 4) is 0 Å². The van der Waals surface area contributed by atoms with Crippen molar-refractivity contribution in [3.05, 3.63) is 0 Å². The lowest BCUT2D eigenvalue weighted by Gasteiger charge is -2.22. The molecule has 0 aromatic heterocycles. The molecule has 1 rings (SSSR count). The number of hydrazine groups is 1. The Morgan fingerprint density at radius 3 is 2.69 bits per heavy atom. The van der Waals surface area contributed by atoms with Crippen molar-refractivity contribution in [1.29, 1.82) is 0 Å². The molecule has 0 spiro atoms. The van der Waals surface area contributed by atoms with Gasteiger partial charge in [0.1, 0.15) is 0 Å². The minimum absolute atomic E-state index is 0.230. The summed E-state index contributed by atoms with van der Waals surface area (Å²) in [6, 6.07) is 0.320. The van der Waals surface area contributed by atoms with E-state index in [4.69, 9.17) is 10.6 Å². The van der Waals surface area contributed by atoms with Gasteiger partial charge in [-0.05, 0) is 32.6 Å². The van der Waals surface area contributed by atoms with Gasteiger partial charge >= 0.3 is 0 Å². The third-order valence-electron chi connectivity index (χ3n) is 2.79. The molecule has 2 unspecified atom stereocenters. The SMILES string of the molecule is CCOC(C)C(CCC1CC1)NN. The Balaban J connectivity index is 2.14. The summed E-state index contributed by atoms with van der Waals surface area (Å²) in [5.41, 5.74) is 2.84. The summed E-state index contributed by atoms with van der Waals surface area (Å²) in [5, 5.41) is 0. The third kappa shape index (κ3) is 4.07. The molecule has 0 heterocycles. The van der Waals surface area contributed by atoms with Gasteiger partial charge in [-0.2, -0.15) is 0 Å². The van der Waals surface area contributed by atoms with Crippen LogP contribution in [0.2, 0.25) is 0 Å². The van der Waals surface area contributed by atoms with E-state index in [2.05, 4.69) is 12.3 Å². The molecule has 0 radical (unpaired) electrons. The molecular formula is C10H22N2O. The van der Waals surface area contributed by atoms with Crippen LogP contribution in [0.3, 0.4) is 0 Å². The van der Waals surface area contributed by atoms with Gasteiger partial charge in [-0.3, -0.25) is 11.3 Å². The fraction of sp³-hybridized carbons (Fsp3) is 1.00. The molecule has 0 aliphatic heterocycles. The van der Waals surface area contributed by atoms with E-state index in [1.165, 1.54) is 19.3 Å². The van der Waals surface area contributed by atoms with E-state index in [1.54, 1.807) is 0 Å². The Labute approximate surface area is 81.0 Å². The fourth-order valence-electron chi connectivity index (χ4n) is 1.65. The van der Waals surface area contributed by atoms with Crippen molar-refractivity contribution < 1.29 is 4.74 Å². The predicted molar refractivity (Wildman–Crippen MR) is 54.2 cm³/mol. The van der Waals surface area contributed by atoms with Gasteiger partial charge in [0.05, 0.1) is 6.10 Å². The molecule has 1 saturated carbocycles. The van der Waals surface area contributed by atoms with Gasteiger partial charge in [0, 0.05) is 12.6 Å². The summed E-state index contributed by atoms with van der Waals surface area (Å²) in [4.78, 5) is 0. The van der Waals surface area contributed by atoms with Gasteiger partial charge in [-0.15, -0.1) is 0 Å². The number of nitrogens with two attached hydrogens (primary N) is 1. The number of rotatable bonds is 7. The molecule has 0 saturated heterocycles. The summed E-state index contributed by atoms with van der Waals surface area (Å²) in [7, 11) is 0. The van der Waals surface area contributed by atoms with Crippen molar-refractivity contribution in [1.82, 2.24) is 5.43 Å². The van der Waals surface area contributed by atoms with Crippen molar-refractivity contribution in [2.45, 2.75) is 51.7 Å². The molecule has 0 bridgehead atoms. The van der Waals surface area contributed by atoms with Gasteiger partial charge in [-0.1, -0.05) is 12.8 Å². The number of nitrogens with one attached hydrogen (secondary N) is 1. The standard InChI is InChI=1S/C10H22N2O/c1-3-13-8(2)10(12-11)7-6-9-4-5-9/h8-10,12H,3-7,11H2,1-2H3. The van der Waals surface area contributed by atoms with Crippen LogP contribution in [0.4, 0.5) is 0 Å². The highest BCUT2D eigenvalue weighted by atomic mass is 16.5. The van der Waals surface area contributed by atoms with E-state index < -0.39 is 0 Å². The topological polar surface area (TPSA) is 47.3 Å². The molecular weight excluding hydrogens is 164 g/mol. The summed E-state index contributed by atoms with van der Waals surface area (Å²) >= 11 is 0. The maximum atomic E-state index is 5.51. The molecule has 0 aromatic carbocycles. The zero-order chi connectivity index (χ0) is 9.68. The summed E-state index contributed by atoms with van der Waals surface area (Å²) in [5.74, 6) is 6.46. The summed E-state index contributed by atoms with van der Waals surface area (Å²) in [6.07, 6.45) is 5.50. The molecule has 2 atom stereocenters. The lowest BCUT2D eigenvalue weighted by atomic mass is 10.1. The van der Waals surface area contributed by atoms with E-state index in [1.807, 2.05) is 6.92 Å². The molecule has 1 fully saturated rings. The zero-order valence-electron chi connectivity index (χ0n) is 8.75. The van der Waals surface area contributed by atoms with Crippen LogP contribution in [0, 0.1) is 5.92 Å². The van der Waals surface area contributed by atoms with Crippen LogP contribution in [0.25, 0.3) is 0 Å². The fourth-order valence-corrected chi connectivity index (χ4v) is 1.65. The highest BCUT2D eigenvalue weighted by Gasteiger charge is 2.24. The van der Waals surface area contributed by atoms with Crippen molar-refractivity contribution >= 4 is 0 Å². The van der Waals surface area contributed by atoms with Crippen LogP contribution in [-0.4, -0.2) is 18.8 Å². The van der Waals surface area contributed by atoms with Crippen LogP contribution >= 0.6 is 0 Å². The Hall–Kier alpha value is -0.120. The summed E-state index contributed by atoms with van der Waals surface area (Å²) in [6.45, 7) is 4.87. The maximum absolute atomic E-state index is 5.51. The lowest BCUT2D eigenvalue weighted by molar-refractivity contribution is 0.0443. The van der Waals surface area contributed by atoms with Gasteiger partial charge < -0.3 is 4.74 Å². The Morgan fingerprint density at radius 1 is 1.54 bits per heavy atom. The Kier molecular flexibility index (Phi) is 4.70. The van der Waals surface area contributed by atoms with E-state index in [0.29, 0.717) is 6.04 Å². The molecule has 1 aliphatic rings. The van der Waals surface area contributed by atoms with Gasteiger partial charge in [0.25, 0.3) is 0 Å². The van der Waals surface area contributed by atoms with Crippen molar-refractivity contribution in [2.75, 3.05) is 6.61 Å². The van der Waals surface area contributed by atoms with E-state index >= 15 is 0 Å². The van der Waals surface area contributed by atoms with Crippen LogP contribution < -0.4 is 11.3 Å². The van der Waals surface area contributed by atoms with Crippen LogP contribution in [0.15, 0.2) is 0 Å². The smallest absolute Gasteiger partial charge is 0.0713 e. The van der Waals surface area contributed by atoms with Crippen LogP contribution in [-0.2, 0) is 4.74 Å². The second-order valence-corrected chi connectivity index (χ2v) is 3.95. The second kappa shape index (κ2) is 5.58. The molecule has 0 amide bonds. The molecule has 3 heteroatoms. The average Bonchev–Trinajstić information content (AvgIpc) is 2.89. The molecule has 3 nitrogen and oxygen atoms in total. The van der Waals surface area contributed by atoms with Gasteiger partial charge in [-0.25, -0.2) is 0 Å². The zero-order valence-corrected chi connectivity index (χ0v) is 8.75. The second-order valence-electron chi connectivity index (χ2n) is 3.95. The van der Waals surface area contributed by atoms with E-state index in [-0.39, 0.29) is 6.10 Å². The number of ether oxygens (including phenoxy) is 1. The van der Waals surface area contributed by atoms with Gasteiger partial charge in [0.2, 0.25) is 0 Å². The van der Waals surface area contributed by atoms with Crippen LogP contribution in [0.1, 0.15) is 39.5 Å².